The van der Waals surface area contributed by atoms with Crippen LogP contribution in [0.2, 0.25) is 0 Å². The fourth-order valence-electron chi connectivity index (χ4n) is 10.2. The van der Waals surface area contributed by atoms with Gasteiger partial charge >= 0.3 is 12.1 Å². The highest BCUT2D eigenvalue weighted by molar-refractivity contribution is 5.98. The van der Waals surface area contributed by atoms with E-state index < -0.39 is 114 Å². The van der Waals surface area contributed by atoms with E-state index >= 15 is 0 Å². The molecule has 12 atom stereocenters. The molecule has 0 aliphatic carbocycles. The third-order valence-corrected chi connectivity index (χ3v) is 15.3. The molecule has 22 heteroatoms. The summed E-state index contributed by atoms with van der Waals surface area (Å²) in [5.74, 6) is -4.32. The molecule has 10 N–H and O–H groups in total. The van der Waals surface area contributed by atoms with Gasteiger partial charge in [0.05, 0.1) is 54.8 Å². The van der Waals surface area contributed by atoms with Crippen molar-refractivity contribution in [2.45, 2.75) is 175 Å². The molecule has 9 amide bonds. The molecule has 0 saturated carbocycles. The predicted molar refractivity (Wildman–Crippen MR) is 305 cm³/mol. The van der Waals surface area contributed by atoms with Crippen LogP contribution in [0.1, 0.15) is 125 Å². The number of rotatable bonds is 31. The van der Waals surface area contributed by atoms with Gasteiger partial charge in [0.2, 0.25) is 35.4 Å². The van der Waals surface area contributed by atoms with Crippen molar-refractivity contribution in [1.29, 1.82) is 0 Å². The second-order valence-corrected chi connectivity index (χ2v) is 22.3. The molecule has 1 aliphatic heterocycles. The van der Waals surface area contributed by atoms with E-state index in [0.29, 0.717) is 49.0 Å². The summed E-state index contributed by atoms with van der Waals surface area (Å²) in [5.41, 5.74) is 12.8. The number of amides is 9. The van der Waals surface area contributed by atoms with Crippen LogP contribution in [0.4, 0.5) is 15.3 Å². The van der Waals surface area contributed by atoms with E-state index in [1.54, 1.807) is 94.8 Å². The first kappa shape index (κ1) is 67.9. The zero-order chi connectivity index (χ0) is 60.1. The molecule has 2 aromatic carbocycles. The van der Waals surface area contributed by atoms with E-state index in [4.69, 9.17) is 25.7 Å². The lowest BCUT2D eigenvalue weighted by Crippen LogP contribution is -2.60. The van der Waals surface area contributed by atoms with Gasteiger partial charge < -0.3 is 67.2 Å². The molecule has 1 saturated heterocycles. The first-order chi connectivity index (χ1) is 37.7. The number of benzene rings is 2. The summed E-state index contributed by atoms with van der Waals surface area (Å²) >= 11 is 0. The van der Waals surface area contributed by atoms with Crippen LogP contribution in [0, 0.1) is 29.6 Å². The van der Waals surface area contributed by atoms with Crippen molar-refractivity contribution in [2.75, 3.05) is 46.7 Å². The summed E-state index contributed by atoms with van der Waals surface area (Å²) in [6.45, 7) is 18.7. The molecule has 80 heavy (non-hydrogen) atoms. The maximum absolute atomic E-state index is 14.7. The van der Waals surface area contributed by atoms with Gasteiger partial charge in [0.25, 0.3) is 0 Å². The van der Waals surface area contributed by atoms with Crippen molar-refractivity contribution in [3.63, 3.8) is 0 Å². The summed E-state index contributed by atoms with van der Waals surface area (Å²) < 4.78 is 17.7. The number of nitrogens with zero attached hydrogens (tertiary/aromatic N) is 3. The van der Waals surface area contributed by atoms with E-state index in [2.05, 4.69) is 26.6 Å². The average Bonchev–Trinajstić information content (AvgIpc) is 3.91. The highest BCUT2D eigenvalue weighted by Gasteiger charge is 2.44. The molecule has 1 aliphatic rings. The molecule has 1 heterocycles. The summed E-state index contributed by atoms with van der Waals surface area (Å²) in [5, 5.41) is 24.8. The molecule has 0 radical (unpaired) electrons. The molecule has 0 aromatic heterocycles. The Balaban J connectivity index is 1.70. The van der Waals surface area contributed by atoms with Crippen LogP contribution < -0.4 is 38.1 Å². The number of likely N-dealkylation sites (N-methyl/N-ethyl adjacent to an activating group) is 2. The molecular formula is C58H94N10O12. The molecule has 1 fully saturated rings. The second kappa shape index (κ2) is 32.8. The van der Waals surface area contributed by atoms with Gasteiger partial charge in [-0.3, -0.25) is 33.7 Å². The Morgan fingerprint density at radius 3 is 1.96 bits per heavy atom. The minimum atomic E-state index is -1.05. The number of carbonyl (C=O) groups is 8. The molecule has 448 valence electrons. The third-order valence-electron chi connectivity index (χ3n) is 15.3. The van der Waals surface area contributed by atoms with Gasteiger partial charge in [0, 0.05) is 47.1 Å². The molecule has 2 aromatic rings. The number of ether oxygens (including phenoxy) is 3. The second-order valence-electron chi connectivity index (χ2n) is 22.3. The molecule has 0 spiro atoms. The Hall–Kier alpha value is -6.36. The van der Waals surface area contributed by atoms with Crippen molar-refractivity contribution in [1.82, 2.24) is 36.0 Å². The topological polar surface area (TPSA) is 306 Å². The Morgan fingerprint density at radius 2 is 1.41 bits per heavy atom. The van der Waals surface area contributed by atoms with Gasteiger partial charge in [0.15, 0.2) is 0 Å². The standard InChI is InChI=1S/C58H94N10O12/c1-15-36(8)49(44(78-13)31-45(69)68-30-20-24-43(68)51(79-14)37(9)52(71)62-38(10)50(70)40-21-17-16-18-22-40)66(11)56(75)47(34(4)5)65-55(74)48(35(6)7)67(12)58(77)80-32-39-25-27-41(28-26-39)63-53(72)42(23-19-29-61-57(60)76)64-54(73)46(59)33(2)3/h16-18,21-22,25-28,33-38,42-44,46-51,70H,15,19-20,23-24,29-32,59H2,1-14H3,(H,62,71)(H,63,72)(H,64,73)(H,65,74)(H3,60,61,76)/t36?,37?,38?,42?,43-,44?,46?,47?,48?,49?,50?,51?/m0/s1. The van der Waals surface area contributed by atoms with Gasteiger partial charge in [-0.1, -0.05) is 111 Å². The van der Waals surface area contributed by atoms with Gasteiger partial charge in [-0.15, -0.1) is 0 Å². The number of urea groups is 1. The Morgan fingerprint density at radius 1 is 0.775 bits per heavy atom. The number of nitrogens with one attached hydrogen (secondary N) is 5. The highest BCUT2D eigenvalue weighted by Crippen LogP contribution is 2.30. The third kappa shape index (κ3) is 19.4. The Kier molecular flexibility index (Phi) is 27.8. The lowest BCUT2D eigenvalue weighted by molar-refractivity contribution is -0.148. The van der Waals surface area contributed by atoms with Gasteiger partial charge in [-0.25, -0.2) is 9.59 Å². The van der Waals surface area contributed by atoms with Crippen molar-refractivity contribution < 1.29 is 57.7 Å². The monoisotopic (exact) mass is 1120 g/mol. The molecule has 11 unspecified atom stereocenters. The zero-order valence-corrected chi connectivity index (χ0v) is 49.7. The number of anilines is 1. The average molecular weight is 1120 g/mol. The Labute approximate surface area is 473 Å². The summed E-state index contributed by atoms with van der Waals surface area (Å²) in [7, 11) is 6.12. The van der Waals surface area contributed by atoms with Crippen LogP contribution in [0.3, 0.4) is 0 Å². The van der Waals surface area contributed by atoms with Crippen molar-refractivity contribution >= 4 is 53.3 Å². The number of hydrogen-bond acceptors (Lipinski definition) is 13. The van der Waals surface area contributed by atoms with Crippen LogP contribution in [-0.2, 0) is 49.6 Å². The number of carbonyl (C=O) groups excluding carboxylic acids is 8. The highest BCUT2D eigenvalue weighted by atomic mass is 16.6. The number of primary amides is 1. The molecular weight excluding hydrogens is 1030 g/mol. The van der Waals surface area contributed by atoms with Gasteiger partial charge in [-0.2, -0.15) is 0 Å². The predicted octanol–water partition coefficient (Wildman–Crippen LogP) is 4.43. The summed E-state index contributed by atoms with van der Waals surface area (Å²) in [6, 6.07) is 9.37. The minimum absolute atomic E-state index is 0.0747. The van der Waals surface area contributed by atoms with Crippen LogP contribution >= 0.6 is 0 Å². The fourth-order valence-corrected chi connectivity index (χ4v) is 10.2. The largest absolute Gasteiger partial charge is 0.445 e. The van der Waals surface area contributed by atoms with Crippen LogP contribution in [0.5, 0.6) is 0 Å². The number of hydrogen-bond donors (Lipinski definition) is 8. The lowest BCUT2D eigenvalue weighted by Gasteiger charge is -2.41. The van der Waals surface area contributed by atoms with Gasteiger partial charge in [0.1, 0.15) is 24.7 Å². The fraction of sp³-hybridized carbons (Fsp3) is 0.655. The van der Waals surface area contributed by atoms with E-state index in [1.165, 1.54) is 26.2 Å². The lowest BCUT2D eigenvalue weighted by atomic mass is 9.89. The molecule has 22 nitrogen and oxygen atoms in total. The quantitative estimate of drug-likeness (QED) is 0.0485. The Bertz CT molecular complexity index is 2320. The zero-order valence-electron chi connectivity index (χ0n) is 49.7. The van der Waals surface area contributed by atoms with Crippen LogP contribution in [0.25, 0.3) is 0 Å². The normalized spacial score (nSPS) is 17.6. The van der Waals surface area contributed by atoms with E-state index in [1.807, 2.05) is 45.9 Å². The minimum Gasteiger partial charge on any atom is -0.445 e. The summed E-state index contributed by atoms with van der Waals surface area (Å²) in [4.78, 5) is 112. The first-order valence-corrected chi connectivity index (χ1v) is 28.0. The van der Waals surface area contributed by atoms with Crippen LogP contribution in [0.15, 0.2) is 54.6 Å². The van der Waals surface area contributed by atoms with E-state index in [9.17, 15) is 43.5 Å². The smallest absolute Gasteiger partial charge is 0.410 e. The maximum Gasteiger partial charge on any atom is 0.410 e. The summed E-state index contributed by atoms with van der Waals surface area (Å²) in [6.07, 6.45) is -0.736. The van der Waals surface area contributed by atoms with Crippen molar-refractivity contribution in [3.8, 4) is 0 Å². The SMILES string of the molecule is CCC(C)C(C(CC(=O)N1CCC[C@H]1C(OC)C(C)C(=O)NC(C)C(O)c1ccccc1)OC)N(C)C(=O)C(NC(=O)C(C(C)C)N(C)C(=O)OCc1ccc(NC(=O)C(CCCNC(N)=O)NC(=O)C(N)C(C)C)cc1)C(C)C. The van der Waals surface area contributed by atoms with Crippen molar-refractivity contribution in [2.24, 2.45) is 41.1 Å². The number of aliphatic hydroxyl groups is 1. The van der Waals surface area contributed by atoms with Crippen LogP contribution in [-0.4, -0.2) is 163 Å². The molecule has 0 bridgehead atoms. The number of aliphatic hydroxyl groups excluding tert-OH is 1. The first-order valence-electron chi connectivity index (χ1n) is 28.0. The number of methoxy groups -OCH3 is 2. The number of likely N-dealkylation sites (tertiary alicyclic amines) is 1. The van der Waals surface area contributed by atoms with E-state index in [-0.39, 0.29) is 49.6 Å². The number of nitrogens with two attached hydrogens (primary N) is 2. The van der Waals surface area contributed by atoms with E-state index in [0.717, 1.165) is 0 Å². The molecule has 3 rings (SSSR count). The van der Waals surface area contributed by atoms with Gasteiger partial charge in [-0.05, 0) is 79.5 Å². The van der Waals surface area contributed by atoms with Crippen molar-refractivity contribution in [3.05, 3.63) is 65.7 Å². The maximum atomic E-state index is 14.7.